The summed E-state index contributed by atoms with van der Waals surface area (Å²) in [6, 6.07) is 35.8. The molecule has 0 spiro atoms. The van der Waals surface area contributed by atoms with Crippen LogP contribution in [0.25, 0.3) is 22.0 Å². The molecule has 2 heterocycles. The number of nitrogens with zero attached hydrogens (tertiary/aromatic N) is 5. The van der Waals surface area contributed by atoms with E-state index in [1.54, 1.807) is 23.9 Å². The Morgan fingerprint density at radius 3 is 2.23 bits per heavy atom. The minimum Gasteiger partial charge on any atom is -0.381 e. The van der Waals surface area contributed by atoms with Crippen LogP contribution in [-0.4, -0.2) is 86.8 Å². The fourth-order valence-corrected chi connectivity index (χ4v) is 10.4. The van der Waals surface area contributed by atoms with Crippen LogP contribution in [0.5, 0.6) is 0 Å². The van der Waals surface area contributed by atoms with Gasteiger partial charge in [0.25, 0.3) is 10.0 Å². The monoisotopic (exact) mass is 859 g/mol. The van der Waals surface area contributed by atoms with Crippen molar-refractivity contribution >= 4 is 84.7 Å². The molecule has 2 N–H and O–H groups in total. The van der Waals surface area contributed by atoms with Gasteiger partial charge in [0.1, 0.15) is 11.2 Å². The van der Waals surface area contributed by atoms with Crippen molar-refractivity contribution in [1.29, 1.82) is 0 Å². The van der Waals surface area contributed by atoms with Gasteiger partial charge in [-0.2, -0.15) is 0 Å². The smallest absolute Gasteiger partial charge is 0.266 e. The number of nitrogens with one attached hydrogen (secondary N) is 2. The van der Waals surface area contributed by atoms with Crippen LogP contribution in [0.15, 0.2) is 125 Å². The van der Waals surface area contributed by atoms with Crippen molar-refractivity contribution in [3.05, 3.63) is 136 Å². The maximum atomic E-state index is 13.9. The minimum absolute atomic E-state index is 0.00557. The van der Waals surface area contributed by atoms with Crippen molar-refractivity contribution in [3.8, 4) is 11.1 Å². The highest BCUT2D eigenvalue weighted by atomic mass is 35.5. The summed E-state index contributed by atoms with van der Waals surface area (Å²) in [4.78, 5) is 16.7. The highest BCUT2D eigenvalue weighted by Gasteiger charge is 2.26. The van der Waals surface area contributed by atoms with Crippen molar-refractivity contribution in [1.82, 2.24) is 19.8 Å². The van der Waals surface area contributed by atoms with Gasteiger partial charge in [0.05, 0.1) is 15.6 Å². The number of piperazine rings is 1. The van der Waals surface area contributed by atoms with Crippen molar-refractivity contribution in [3.63, 3.8) is 0 Å². The number of hydrogen-bond donors (Lipinski definition) is 2. The maximum absolute atomic E-state index is 13.9. The third kappa shape index (κ3) is 10.5. The fourth-order valence-electron chi connectivity index (χ4n) is 6.96. The molecule has 0 bridgehead atoms. The fraction of sp³-hybridized carbons (Fsp3) is 0.256. The van der Waals surface area contributed by atoms with Crippen molar-refractivity contribution in [2.45, 2.75) is 28.8 Å². The van der Waals surface area contributed by atoms with E-state index >= 15 is 0 Å². The quantitative estimate of drug-likeness (QED) is 0.0980. The van der Waals surface area contributed by atoms with Gasteiger partial charge in [-0.25, -0.2) is 18.4 Å². The first-order valence-corrected chi connectivity index (χ1v) is 22.3. The largest absolute Gasteiger partial charge is 0.381 e. The third-order valence-corrected chi connectivity index (χ3v) is 13.6. The van der Waals surface area contributed by atoms with Crippen LogP contribution in [-0.2, 0) is 16.6 Å². The third-order valence-electron chi connectivity index (χ3n) is 9.89. The second-order valence-electron chi connectivity index (χ2n) is 14.3. The first-order chi connectivity index (χ1) is 27.5. The number of fused-ring (bicyclic) bond motifs is 1. The van der Waals surface area contributed by atoms with Crippen molar-refractivity contribution < 1.29 is 8.42 Å². The minimum atomic E-state index is -4.23. The van der Waals surface area contributed by atoms with Crippen LogP contribution in [0.3, 0.4) is 0 Å². The molecule has 0 radical (unpaired) electrons. The SMILES string of the molecule is CN(C)CCC(CSc1ccccc1)Nc1cc(Cl)c(S(=O)(=O)Nc2ncnc3cc(N4CCN(Cc5cc(Cl)ccc5-c5ccccc5)CC4)ccc23)c(Cl)c1. The predicted octanol–water partition coefficient (Wildman–Crippen LogP) is 9.90. The van der Waals surface area contributed by atoms with Crippen LogP contribution in [0, 0.1) is 0 Å². The topological polar surface area (TPSA) is 93.7 Å². The molecule has 0 aliphatic carbocycles. The average Bonchev–Trinajstić information content (AvgIpc) is 3.19. The first kappa shape index (κ1) is 41.1. The van der Waals surface area contributed by atoms with E-state index in [1.807, 2.05) is 62.6 Å². The molecule has 296 valence electrons. The lowest BCUT2D eigenvalue weighted by Crippen LogP contribution is -2.46. The Kier molecular flexibility index (Phi) is 13.5. The predicted molar refractivity (Wildman–Crippen MR) is 239 cm³/mol. The van der Waals surface area contributed by atoms with Crippen molar-refractivity contribution in [2.75, 3.05) is 67.5 Å². The van der Waals surface area contributed by atoms with Gasteiger partial charge < -0.3 is 15.1 Å². The van der Waals surface area contributed by atoms with E-state index in [0.717, 1.165) is 62.2 Å². The van der Waals surface area contributed by atoms with E-state index in [4.69, 9.17) is 34.8 Å². The lowest BCUT2D eigenvalue weighted by molar-refractivity contribution is 0.250. The number of halogens is 3. The van der Waals surface area contributed by atoms with Crippen LogP contribution >= 0.6 is 46.6 Å². The number of benzene rings is 5. The van der Waals surface area contributed by atoms with E-state index in [2.05, 4.69) is 83.2 Å². The zero-order valence-corrected chi connectivity index (χ0v) is 35.6. The number of rotatable bonds is 15. The van der Waals surface area contributed by atoms with Gasteiger partial charge in [-0.15, -0.1) is 11.8 Å². The number of thioether (sulfide) groups is 1. The molecule has 57 heavy (non-hydrogen) atoms. The van der Waals surface area contributed by atoms with E-state index in [9.17, 15) is 8.42 Å². The van der Waals surface area contributed by atoms with E-state index in [-0.39, 0.29) is 26.8 Å². The Hall–Kier alpha value is -4.07. The lowest BCUT2D eigenvalue weighted by atomic mass is 9.99. The van der Waals surface area contributed by atoms with E-state index in [0.29, 0.717) is 16.6 Å². The van der Waals surface area contributed by atoms with Gasteiger partial charge in [-0.3, -0.25) is 9.62 Å². The number of aromatic nitrogens is 2. The molecule has 14 heteroatoms. The molecule has 9 nitrogen and oxygen atoms in total. The Morgan fingerprint density at radius 2 is 1.53 bits per heavy atom. The zero-order valence-electron chi connectivity index (χ0n) is 31.7. The highest BCUT2D eigenvalue weighted by molar-refractivity contribution is 7.99. The first-order valence-electron chi connectivity index (χ1n) is 18.7. The number of hydrogen-bond acceptors (Lipinski definition) is 9. The molecule has 1 atom stereocenters. The summed E-state index contributed by atoms with van der Waals surface area (Å²) in [7, 11) is -0.158. The lowest BCUT2D eigenvalue weighted by Gasteiger charge is -2.36. The number of anilines is 3. The molecule has 0 saturated carbocycles. The number of sulfonamides is 1. The molecule has 0 amide bonds. The second-order valence-corrected chi connectivity index (χ2v) is 18.2. The molecule has 1 aliphatic rings. The Balaban J connectivity index is 1.02. The van der Waals surface area contributed by atoms with Gasteiger partial charge in [-0.05, 0) is 98.3 Å². The summed E-state index contributed by atoms with van der Waals surface area (Å²) in [5.74, 6) is 0.941. The summed E-state index contributed by atoms with van der Waals surface area (Å²) in [5.41, 5.74) is 5.82. The average molecular weight is 861 g/mol. The maximum Gasteiger partial charge on any atom is 0.266 e. The molecular weight excluding hydrogens is 817 g/mol. The molecule has 1 saturated heterocycles. The standard InChI is InChI=1S/C43H44Cl3N7O2S2/c1-51(2)18-17-33(28-56-36-11-7-4-8-12-36)49-34-24-39(45)42(40(46)25-34)57(54,55)50-43-38-16-14-35(26-41(38)47-29-48-43)53-21-19-52(20-22-53)27-31-23-32(44)13-15-37(31)30-9-5-3-6-10-30/h3-16,23-26,29,33,49H,17-22,27-28H2,1-2H3,(H,47,48,50). The van der Waals surface area contributed by atoms with Crippen LogP contribution < -0.4 is 14.9 Å². The van der Waals surface area contributed by atoms with Gasteiger partial charge >= 0.3 is 0 Å². The Bertz CT molecular complexity index is 2390. The summed E-state index contributed by atoms with van der Waals surface area (Å²) in [6.07, 6.45) is 2.22. The molecular formula is C43H44Cl3N7O2S2. The molecule has 1 fully saturated rings. The second kappa shape index (κ2) is 18.7. The van der Waals surface area contributed by atoms with Gasteiger partial charge in [-0.1, -0.05) is 89.4 Å². The van der Waals surface area contributed by atoms with Gasteiger partial charge in [0.2, 0.25) is 0 Å². The molecule has 1 aromatic heterocycles. The van der Waals surface area contributed by atoms with Crippen LogP contribution in [0.4, 0.5) is 17.2 Å². The molecule has 5 aromatic carbocycles. The van der Waals surface area contributed by atoms with E-state index in [1.165, 1.54) is 27.9 Å². The summed E-state index contributed by atoms with van der Waals surface area (Å²) < 4.78 is 30.4. The summed E-state index contributed by atoms with van der Waals surface area (Å²) >= 11 is 21.6. The van der Waals surface area contributed by atoms with Gasteiger partial charge in [0.15, 0.2) is 5.82 Å². The summed E-state index contributed by atoms with van der Waals surface area (Å²) in [5, 5.41) is 4.83. The molecule has 6 aromatic rings. The normalized spacial score (nSPS) is 14.2. The molecule has 1 unspecified atom stereocenters. The van der Waals surface area contributed by atoms with Crippen molar-refractivity contribution in [2.24, 2.45) is 0 Å². The Morgan fingerprint density at radius 1 is 0.825 bits per heavy atom. The van der Waals surface area contributed by atoms with Gasteiger partial charge in [0, 0.05) is 71.2 Å². The van der Waals surface area contributed by atoms with E-state index < -0.39 is 10.0 Å². The Labute approximate surface area is 354 Å². The zero-order chi connectivity index (χ0) is 39.9. The highest BCUT2D eigenvalue weighted by Crippen LogP contribution is 2.36. The van der Waals surface area contributed by atoms with Crippen LogP contribution in [0.2, 0.25) is 15.1 Å². The summed E-state index contributed by atoms with van der Waals surface area (Å²) in [6.45, 7) is 5.05. The molecule has 7 rings (SSSR count). The molecule has 1 aliphatic heterocycles. The van der Waals surface area contributed by atoms with Crippen LogP contribution in [0.1, 0.15) is 12.0 Å².